The molecule has 0 radical (unpaired) electrons. The SMILES string of the molecule is CNc1cc(C)c(C)c(N)c1C=N.O=CO. The van der Waals surface area contributed by atoms with Crippen LogP contribution in [0.5, 0.6) is 0 Å². The third-order valence-corrected chi connectivity index (χ3v) is 2.35. The lowest BCUT2D eigenvalue weighted by Gasteiger charge is -2.12. The Bertz CT molecular complexity index is 389. The van der Waals surface area contributed by atoms with Gasteiger partial charge in [0.1, 0.15) is 0 Å². The molecule has 0 aliphatic carbocycles. The highest BCUT2D eigenvalue weighted by molar-refractivity contribution is 5.94. The molecule has 16 heavy (non-hydrogen) atoms. The van der Waals surface area contributed by atoms with Crippen LogP contribution in [0.2, 0.25) is 0 Å². The molecule has 1 aromatic carbocycles. The van der Waals surface area contributed by atoms with Gasteiger partial charge in [0.2, 0.25) is 0 Å². The summed E-state index contributed by atoms with van der Waals surface area (Å²) in [6, 6.07) is 2.01. The van der Waals surface area contributed by atoms with Gasteiger partial charge in [0.25, 0.3) is 6.47 Å². The number of anilines is 2. The molecular weight excluding hydrogens is 206 g/mol. The molecule has 0 amide bonds. The lowest BCUT2D eigenvalue weighted by Crippen LogP contribution is -2.03. The number of carbonyl (C=O) groups is 1. The van der Waals surface area contributed by atoms with E-state index in [0.29, 0.717) is 5.69 Å². The van der Waals surface area contributed by atoms with Crippen molar-refractivity contribution in [3.05, 3.63) is 22.8 Å². The molecule has 0 aliphatic heterocycles. The highest BCUT2D eigenvalue weighted by Gasteiger charge is 2.07. The Hall–Kier alpha value is -2.04. The summed E-state index contributed by atoms with van der Waals surface area (Å²) < 4.78 is 0. The maximum absolute atomic E-state index is 8.36. The average molecular weight is 223 g/mol. The molecule has 0 heterocycles. The lowest BCUT2D eigenvalue weighted by molar-refractivity contribution is -0.122. The molecule has 0 saturated carbocycles. The third kappa shape index (κ3) is 2.98. The summed E-state index contributed by atoms with van der Waals surface area (Å²) in [6.45, 7) is 3.73. The maximum Gasteiger partial charge on any atom is 0.290 e. The summed E-state index contributed by atoms with van der Waals surface area (Å²) in [5.74, 6) is 0. The van der Waals surface area contributed by atoms with E-state index in [9.17, 15) is 0 Å². The maximum atomic E-state index is 8.36. The molecule has 0 unspecified atom stereocenters. The average Bonchev–Trinajstić information content (AvgIpc) is 2.26. The number of hydrogen-bond acceptors (Lipinski definition) is 4. The smallest absolute Gasteiger partial charge is 0.290 e. The highest BCUT2D eigenvalue weighted by atomic mass is 16.3. The summed E-state index contributed by atoms with van der Waals surface area (Å²) >= 11 is 0. The second kappa shape index (κ2) is 6.44. The minimum atomic E-state index is -0.250. The summed E-state index contributed by atoms with van der Waals surface area (Å²) in [5.41, 5.74) is 10.5. The van der Waals surface area contributed by atoms with Gasteiger partial charge in [-0.25, -0.2) is 0 Å². The number of carboxylic acid groups (broad SMARTS) is 1. The Balaban J connectivity index is 0.000000673. The normalized spacial score (nSPS) is 8.69. The topological polar surface area (TPSA) is 99.2 Å². The van der Waals surface area contributed by atoms with E-state index in [4.69, 9.17) is 21.0 Å². The number of nitrogens with two attached hydrogens (primary N) is 1. The fourth-order valence-electron chi connectivity index (χ4n) is 1.32. The van der Waals surface area contributed by atoms with E-state index >= 15 is 0 Å². The number of rotatable bonds is 2. The Morgan fingerprint density at radius 3 is 2.38 bits per heavy atom. The summed E-state index contributed by atoms with van der Waals surface area (Å²) in [6.07, 6.45) is 1.29. The first-order valence-electron chi connectivity index (χ1n) is 4.69. The highest BCUT2D eigenvalue weighted by Crippen LogP contribution is 2.26. The number of benzene rings is 1. The minimum Gasteiger partial charge on any atom is -0.483 e. The van der Waals surface area contributed by atoms with Gasteiger partial charge in [-0.3, -0.25) is 4.79 Å². The molecule has 0 aromatic heterocycles. The molecule has 5 nitrogen and oxygen atoms in total. The molecule has 0 atom stereocenters. The van der Waals surface area contributed by atoms with Crippen molar-refractivity contribution in [2.45, 2.75) is 13.8 Å². The number of hydrogen-bond donors (Lipinski definition) is 4. The minimum absolute atomic E-state index is 0.250. The van der Waals surface area contributed by atoms with Crippen LogP contribution in [0.25, 0.3) is 0 Å². The number of nitrogen functional groups attached to an aromatic ring is 1. The Morgan fingerprint density at radius 1 is 1.50 bits per heavy atom. The predicted octanol–water partition coefficient (Wildman–Crippen LogP) is 1.63. The molecule has 1 aromatic rings. The van der Waals surface area contributed by atoms with E-state index in [2.05, 4.69) is 5.32 Å². The lowest BCUT2D eigenvalue weighted by atomic mass is 10.0. The molecule has 5 heteroatoms. The van der Waals surface area contributed by atoms with Crippen LogP contribution in [-0.4, -0.2) is 24.8 Å². The molecule has 0 saturated heterocycles. The first-order valence-corrected chi connectivity index (χ1v) is 4.69. The molecule has 0 fully saturated rings. The number of aryl methyl sites for hydroxylation is 1. The Morgan fingerprint density at radius 2 is 2.00 bits per heavy atom. The van der Waals surface area contributed by atoms with Crippen LogP contribution in [0.1, 0.15) is 16.7 Å². The van der Waals surface area contributed by atoms with Crippen LogP contribution in [0, 0.1) is 19.3 Å². The number of nitrogens with one attached hydrogen (secondary N) is 2. The van der Waals surface area contributed by atoms with Crippen molar-refractivity contribution in [1.29, 1.82) is 5.41 Å². The summed E-state index contributed by atoms with van der Waals surface area (Å²) in [7, 11) is 1.83. The largest absolute Gasteiger partial charge is 0.483 e. The van der Waals surface area contributed by atoms with Crippen LogP contribution in [0.15, 0.2) is 6.07 Å². The van der Waals surface area contributed by atoms with E-state index in [1.807, 2.05) is 27.0 Å². The van der Waals surface area contributed by atoms with Crippen LogP contribution >= 0.6 is 0 Å². The van der Waals surface area contributed by atoms with Crippen molar-refractivity contribution in [3.8, 4) is 0 Å². The molecule has 1 rings (SSSR count). The van der Waals surface area contributed by atoms with Gasteiger partial charge in [-0.05, 0) is 31.0 Å². The van der Waals surface area contributed by atoms with Gasteiger partial charge >= 0.3 is 0 Å². The van der Waals surface area contributed by atoms with Gasteiger partial charge in [0.15, 0.2) is 0 Å². The fourth-order valence-corrected chi connectivity index (χ4v) is 1.32. The standard InChI is InChI=1S/C10H15N3.CH2O2/c1-6-4-9(13-3)8(5-11)10(12)7(6)2;2-1-3/h4-5,11,13H,12H2,1-3H3;1H,(H,2,3). The van der Waals surface area contributed by atoms with Crippen LogP contribution in [0.4, 0.5) is 11.4 Å². The Kier molecular flexibility index (Phi) is 5.62. The van der Waals surface area contributed by atoms with Crippen LogP contribution in [0.3, 0.4) is 0 Å². The van der Waals surface area contributed by atoms with Crippen molar-refractivity contribution >= 4 is 24.1 Å². The molecule has 0 aliphatic rings. The van der Waals surface area contributed by atoms with Crippen molar-refractivity contribution in [2.24, 2.45) is 0 Å². The van der Waals surface area contributed by atoms with Crippen molar-refractivity contribution in [2.75, 3.05) is 18.1 Å². The second-order valence-electron chi connectivity index (χ2n) is 3.19. The van der Waals surface area contributed by atoms with E-state index < -0.39 is 0 Å². The van der Waals surface area contributed by atoms with Gasteiger partial charge in [0, 0.05) is 30.2 Å². The van der Waals surface area contributed by atoms with Gasteiger partial charge in [-0.15, -0.1) is 0 Å². The van der Waals surface area contributed by atoms with E-state index in [0.717, 1.165) is 22.4 Å². The first-order chi connectivity index (χ1) is 7.53. The van der Waals surface area contributed by atoms with Crippen LogP contribution < -0.4 is 11.1 Å². The van der Waals surface area contributed by atoms with Crippen molar-refractivity contribution in [1.82, 2.24) is 0 Å². The van der Waals surface area contributed by atoms with Gasteiger partial charge in [0.05, 0.1) is 0 Å². The first kappa shape index (κ1) is 14.0. The monoisotopic (exact) mass is 223 g/mol. The third-order valence-electron chi connectivity index (χ3n) is 2.35. The van der Waals surface area contributed by atoms with E-state index in [-0.39, 0.29) is 6.47 Å². The summed E-state index contributed by atoms with van der Waals surface area (Å²) in [4.78, 5) is 8.36. The zero-order valence-electron chi connectivity index (χ0n) is 9.66. The Labute approximate surface area is 94.8 Å². The zero-order chi connectivity index (χ0) is 12.7. The predicted molar refractivity (Wildman–Crippen MR) is 66.5 cm³/mol. The molecule has 88 valence electrons. The molecular formula is C11H17N3O2. The van der Waals surface area contributed by atoms with Crippen molar-refractivity contribution < 1.29 is 9.90 Å². The second-order valence-corrected chi connectivity index (χ2v) is 3.19. The summed E-state index contributed by atoms with van der Waals surface area (Å²) in [5, 5.41) is 17.2. The zero-order valence-corrected chi connectivity index (χ0v) is 9.66. The van der Waals surface area contributed by atoms with Gasteiger partial charge in [-0.2, -0.15) is 0 Å². The molecule has 0 spiro atoms. The quantitative estimate of drug-likeness (QED) is 0.348. The van der Waals surface area contributed by atoms with E-state index in [1.165, 1.54) is 6.21 Å². The molecule has 5 N–H and O–H groups in total. The van der Waals surface area contributed by atoms with Gasteiger partial charge < -0.3 is 21.6 Å². The van der Waals surface area contributed by atoms with Gasteiger partial charge in [-0.1, -0.05) is 0 Å². The van der Waals surface area contributed by atoms with Crippen molar-refractivity contribution in [3.63, 3.8) is 0 Å². The fraction of sp³-hybridized carbons (Fsp3) is 0.273. The molecule has 0 bridgehead atoms. The van der Waals surface area contributed by atoms with Crippen LogP contribution in [-0.2, 0) is 4.79 Å². The van der Waals surface area contributed by atoms with E-state index in [1.54, 1.807) is 0 Å².